The van der Waals surface area contributed by atoms with Crippen molar-refractivity contribution in [2.45, 2.75) is 6.10 Å². The van der Waals surface area contributed by atoms with Crippen LogP contribution >= 0.6 is 11.6 Å². The first-order chi connectivity index (χ1) is 5.88. The molecule has 0 aliphatic carbocycles. The van der Waals surface area contributed by atoms with Gasteiger partial charge in [0.15, 0.2) is 0 Å². The summed E-state index contributed by atoms with van der Waals surface area (Å²) in [5.41, 5.74) is 1.07. The molecule has 64 valence electrons. The Bertz CT molecular complexity index is 271. The quantitative estimate of drug-likeness (QED) is 0.719. The normalized spacial score (nSPS) is 22.9. The molecular weight excluding hydrogens is 174 g/mol. The van der Waals surface area contributed by atoms with Crippen molar-refractivity contribution in [3.8, 4) is 0 Å². The predicted molar refractivity (Wildman–Crippen MR) is 48.1 cm³/mol. The number of hydrogen-bond acceptors (Lipinski definition) is 2. The fraction of sp³-hybridized carbons (Fsp3) is 0.333. The zero-order valence-corrected chi connectivity index (χ0v) is 7.34. The number of ether oxygens (including phenoxy) is 1. The highest BCUT2D eigenvalue weighted by atomic mass is 35.5. The molecule has 3 heteroatoms. The van der Waals surface area contributed by atoms with Crippen molar-refractivity contribution >= 4 is 11.6 Å². The van der Waals surface area contributed by atoms with Gasteiger partial charge in [-0.05, 0) is 6.07 Å². The first-order valence-corrected chi connectivity index (χ1v) is 4.32. The van der Waals surface area contributed by atoms with E-state index in [4.69, 9.17) is 16.3 Å². The standard InChI is InChI=1S/C9H10ClNO/c10-8-4-2-1-3-7(8)9-5-11-6-12-9/h1-4,9,11H,5-6H2. The number of rotatable bonds is 1. The minimum absolute atomic E-state index is 0.124. The molecule has 0 radical (unpaired) electrons. The molecule has 0 bridgehead atoms. The molecule has 0 spiro atoms. The maximum Gasteiger partial charge on any atom is 0.0982 e. The SMILES string of the molecule is Clc1ccccc1C1CNCO1. The number of benzene rings is 1. The van der Waals surface area contributed by atoms with E-state index >= 15 is 0 Å². The lowest BCUT2D eigenvalue weighted by atomic mass is 10.1. The molecule has 0 amide bonds. The van der Waals surface area contributed by atoms with Crippen LogP contribution in [0.3, 0.4) is 0 Å². The van der Waals surface area contributed by atoms with Gasteiger partial charge in [-0.3, -0.25) is 5.32 Å². The van der Waals surface area contributed by atoms with Gasteiger partial charge in [0.05, 0.1) is 12.8 Å². The van der Waals surface area contributed by atoms with Crippen molar-refractivity contribution in [1.29, 1.82) is 0 Å². The van der Waals surface area contributed by atoms with E-state index in [9.17, 15) is 0 Å². The molecule has 1 heterocycles. The maximum absolute atomic E-state index is 6.00. The summed E-state index contributed by atoms with van der Waals surface area (Å²) in [4.78, 5) is 0. The second-order valence-electron chi connectivity index (χ2n) is 2.78. The van der Waals surface area contributed by atoms with E-state index in [1.807, 2.05) is 24.3 Å². The molecule has 2 rings (SSSR count). The first kappa shape index (κ1) is 8.05. The molecule has 1 atom stereocenters. The molecule has 1 aromatic rings. The van der Waals surface area contributed by atoms with Crippen LogP contribution < -0.4 is 5.32 Å². The van der Waals surface area contributed by atoms with E-state index in [1.54, 1.807) is 0 Å². The number of hydrogen-bond donors (Lipinski definition) is 1. The summed E-state index contributed by atoms with van der Waals surface area (Å²) in [7, 11) is 0. The van der Waals surface area contributed by atoms with Gasteiger partial charge in [0.1, 0.15) is 0 Å². The molecule has 1 aromatic carbocycles. The Morgan fingerprint density at radius 2 is 2.25 bits per heavy atom. The smallest absolute Gasteiger partial charge is 0.0982 e. The molecule has 1 fully saturated rings. The monoisotopic (exact) mass is 183 g/mol. The molecule has 0 aromatic heterocycles. The van der Waals surface area contributed by atoms with Gasteiger partial charge in [-0.1, -0.05) is 29.8 Å². The topological polar surface area (TPSA) is 21.3 Å². The second kappa shape index (κ2) is 3.44. The molecule has 1 saturated heterocycles. The zero-order chi connectivity index (χ0) is 8.39. The van der Waals surface area contributed by atoms with E-state index in [0.717, 1.165) is 17.1 Å². The van der Waals surface area contributed by atoms with E-state index in [0.29, 0.717) is 6.73 Å². The minimum atomic E-state index is 0.124. The fourth-order valence-corrected chi connectivity index (χ4v) is 1.60. The zero-order valence-electron chi connectivity index (χ0n) is 6.59. The predicted octanol–water partition coefficient (Wildman–Crippen LogP) is 1.96. The Morgan fingerprint density at radius 3 is 2.92 bits per heavy atom. The lowest BCUT2D eigenvalue weighted by molar-refractivity contribution is 0.114. The lowest BCUT2D eigenvalue weighted by Gasteiger charge is -2.09. The van der Waals surface area contributed by atoms with Gasteiger partial charge in [-0.25, -0.2) is 0 Å². The van der Waals surface area contributed by atoms with Crippen LogP contribution in [0.2, 0.25) is 5.02 Å². The van der Waals surface area contributed by atoms with Gasteiger partial charge < -0.3 is 4.74 Å². The largest absolute Gasteiger partial charge is 0.357 e. The summed E-state index contributed by atoms with van der Waals surface area (Å²) in [5.74, 6) is 0. The van der Waals surface area contributed by atoms with Gasteiger partial charge in [0, 0.05) is 17.1 Å². The highest BCUT2D eigenvalue weighted by Gasteiger charge is 2.18. The summed E-state index contributed by atoms with van der Waals surface area (Å²) >= 11 is 6.00. The highest BCUT2D eigenvalue weighted by molar-refractivity contribution is 6.31. The van der Waals surface area contributed by atoms with Gasteiger partial charge >= 0.3 is 0 Å². The Labute approximate surface area is 76.5 Å². The molecule has 1 aliphatic rings. The fourth-order valence-electron chi connectivity index (χ4n) is 1.34. The van der Waals surface area contributed by atoms with Crippen molar-refractivity contribution in [3.63, 3.8) is 0 Å². The maximum atomic E-state index is 6.00. The summed E-state index contributed by atoms with van der Waals surface area (Å²) in [6.07, 6.45) is 0.124. The molecule has 12 heavy (non-hydrogen) atoms. The van der Waals surface area contributed by atoms with Crippen molar-refractivity contribution in [3.05, 3.63) is 34.9 Å². The van der Waals surface area contributed by atoms with Crippen LogP contribution in [0, 0.1) is 0 Å². The number of nitrogens with one attached hydrogen (secondary N) is 1. The average Bonchev–Trinajstić information content (AvgIpc) is 2.57. The molecule has 1 N–H and O–H groups in total. The van der Waals surface area contributed by atoms with Crippen LogP contribution in [-0.4, -0.2) is 13.3 Å². The van der Waals surface area contributed by atoms with Crippen molar-refractivity contribution < 1.29 is 4.74 Å². The van der Waals surface area contributed by atoms with E-state index in [2.05, 4.69) is 5.32 Å². The van der Waals surface area contributed by atoms with Gasteiger partial charge in [0.25, 0.3) is 0 Å². The van der Waals surface area contributed by atoms with E-state index in [1.165, 1.54) is 0 Å². The molecule has 1 aliphatic heterocycles. The van der Waals surface area contributed by atoms with Crippen molar-refractivity contribution in [2.24, 2.45) is 0 Å². The Kier molecular flexibility index (Phi) is 2.30. The Morgan fingerprint density at radius 1 is 1.42 bits per heavy atom. The lowest BCUT2D eigenvalue weighted by Crippen LogP contribution is -2.08. The third-order valence-electron chi connectivity index (χ3n) is 1.97. The van der Waals surface area contributed by atoms with Crippen LogP contribution in [0.5, 0.6) is 0 Å². The van der Waals surface area contributed by atoms with Crippen LogP contribution in [0.4, 0.5) is 0 Å². The van der Waals surface area contributed by atoms with Crippen LogP contribution in [0.25, 0.3) is 0 Å². The first-order valence-electron chi connectivity index (χ1n) is 3.94. The molecular formula is C9H10ClNO. The summed E-state index contributed by atoms with van der Waals surface area (Å²) < 4.78 is 5.42. The molecule has 0 saturated carbocycles. The van der Waals surface area contributed by atoms with Crippen molar-refractivity contribution in [2.75, 3.05) is 13.3 Å². The summed E-state index contributed by atoms with van der Waals surface area (Å²) in [5, 5.41) is 3.90. The average molecular weight is 184 g/mol. The minimum Gasteiger partial charge on any atom is -0.357 e. The summed E-state index contributed by atoms with van der Waals surface area (Å²) in [6.45, 7) is 1.47. The van der Waals surface area contributed by atoms with Gasteiger partial charge in [0.2, 0.25) is 0 Å². The second-order valence-corrected chi connectivity index (χ2v) is 3.18. The molecule has 2 nitrogen and oxygen atoms in total. The Hall–Kier alpha value is -0.570. The van der Waals surface area contributed by atoms with E-state index < -0.39 is 0 Å². The molecule has 1 unspecified atom stereocenters. The van der Waals surface area contributed by atoms with Crippen LogP contribution in [0.1, 0.15) is 11.7 Å². The summed E-state index contributed by atoms with van der Waals surface area (Å²) in [6, 6.07) is 7.79. The third-order valence-corrected chi connectivity index (χ3v) is 2.31. The van der Waals surface area contributed by atoms with Crippen LogP contribution in [-0.2, 0) is 4.74 Å². The van der Waals surface area contributed by atoms with Crippen molar-refractivity contribution in [1.82, 2.24) is 5.32 Å². The van der Waals surface area contributed by atoms with Gasteiger partial charge in [-0.2, -0.15) is 0 Å². The third kappa shape index (κ3) is 1.46. The van der Waals surface area contributed by atoms with Gasteiger partial charge in [-0.15, -0.1) is 0 Å². The number of halogens is 1. The van der Waals surface area contributed by atoms with E-state index in [-0.39, 0.29) is 6.10 Å². The van der Waals surface area contributed by atoms with Crippen LogP contribution in [0.15, 0.2) is 24.3 Å². The Balaban J connectivity index is 2.26. The highest BCUT2D eigenvalue weighted by Crippen LogP contribution is 2.26.